The number of anilines is 1. The average Bonchev–Trinajstić information content (AvgIpc) is 2.66. The van der Waals surface area contributed by atoms with Gasteiger partial charge in [0, 0.05) is 30.2 Å². The van der Waals surface area contributed by atoms with Crippen LogP contribution in [-0.2, 0) is 16.1 Å². The lowest BCUT2D eigenvalue weighted by Crippen LogP contribution is -2.42. The van der Waals surface area contributed by atoms with Crippen LogP contribution >= 0.6 is 27.5 Å². The van der Waals surface area contributed by atoms with Crippen LogP contribution < -0.4 is 5.32 Å². The summed E-state index contributed by atoms with van der Waals surface area (Å²) in [5, 5.41) is 12.3. The molecule has 2 aromatic carbocycles. The first kappa shape index (κ1) is 23.3. The van der Waals surface area contributed by atoms with E-state index in [4.69, 9.17) is 11.6 Å². The maximum atomic E-state index is 14.0. The molecule has 6 nitrogen and oxygen atoms in total. The van der Waals surface area contributed by atoms with Gasteiger partial charge < -0.3 is 15.3 Å². The zero-order valence-electron chi connectivity index (χ0n) is 15.9. The van der Waals surface area contributed by atoms with Crippen molar-refractivity contribution in [3.05, 3.63) is 63.3 Å². The second-order valence-electron chi connectivity index (χ2n) is 6.45. The maximum Gasteiger partial charge on any atom is 0.244 e. The average molecular weight is 487 g/mol. The second kappa shape index (κ2) is 11.3. The molecule has 2 aromatic rings. The van der Waals surface area contributed by atoms with Crippen LogP contribution in [0.1, 0.15) is 5.56 Å². The van der Waals surface area contributed by atoms with E-state index in [9.17, 15) is 19.1 Å². The van der Waals surface area contributed by atoms with E-state index in [1.165, 1.54) is 18.0 Å². The first-order valence-corrected chi connectivity index (χ1v) is 10.0. The van der Waals surface area contributed by atoms with Crippen LogP contribution in [0.25, 0.3) is 0 Å². The van der Waals surface area contributed by atoms with Crippen LogP contribution in [0.2, 0.25) is 5.02 Å². The zero-order valence-corrected chi connectivity index (χ0v) is 18.2. The SMILES string of the molecule is CN(CC(=O)Nc1ccccc1Cl)C(=O)CN(CCO)Cc1cc(Br)ccc1F. The van der Waals surface area contributed by atoms with Crippen molar-refractivity contribution in [3.8, 4) is 0 Å². The molecule has 2 rings (SSSR count). The highest BCUT2D eigenvalue weighted by atomic mass is 79.9. The minimum absolute atomic E-state index is 0.0671. The van der Waals surface area contributed by atoms with Gasteiger partial charge in [0.15, 0.2) is 0 Å². The van der Waals surface area contributed by atoms with Gasteiger partial charge in [-0.25, -0.2) is 4.39 Å². The van der Waals surface area contributed by atoms with Crippen molar-refractivity contribution < 1.29 is 19.1 Å². The van der Waals surface area contributed by atoms with Crippen molar-refractivity contribution in [1.29, 1.82) is 0 Å². The number of carbonyl (C=O) groups excluding carboxylic acids is 2. The van der Waals surface area contributed by atoms with Gasteiger partial charge in [-0.05, 0) is 30.3 Å². The molecule has 0 unspecified atom stereocenters. The third-order valence-electron chi connectivity index (χ3n) is 4.13. The van der Waals surface area contributed by atoms with Crippen molar-refractivity contribution in [2.75, 3.05) is 38.6 Å². The van der Waals surface area contributed by atoms with Gasteiger partial charge in [0.1, 0.15) is 5.82 Å². The van der Waals surface area contributed by atoms with Crippen molar-refractivity contribution in [1.82, 2.24) is 9.80 Å². The van der Waals surface area contributed by atoms with Gasteiger partial charge in [0.2, 0.25) is 11.8 Å². The van der Waals surface area contributed by atoms with Crippen LogP contribution in [0.5, 0.6) is 0 Å². The lowest BCUT2D eigenvalue weighted by atomic mass is 10.2. The van der Waals surface area contributed by atoms with E-state index in [-0.39, 0.29) is 44.6 Å². The molecule has 0 heterocycles. The summed E-state index contributed by atoms with van der Waals surface area (Å²) in [6.45, 7) is -0.0706. The maximum absolute atomic E-state index is 14.0. The Morgan fingerprint density at radius 1 is 1.21 bits per heavy atom. The Morgan fingerprint density at radius 2 is 1.93 bits per heavy atom. The highest BCUT2D eigenvalue weighted by Crippen LogP contribution is 2.20. The van der Waals surface area contributed by atoms with Gasteiger partial charge in [0.25, 0.3) is 0 Å². The number of benzene rings is 2. The van der Waals surface area contributed by atoms with E-state index in [1.54, 1.807) is 41.3 Å². The summed E-state index contributed by atoms with van der Waals surface area (Å²) in [6, 6.07) is 11.4. The molecular formula is C20H22BrClFN3O3. The molecule has 2 amide bonds. The number of amides is 2. The Bertz CT molecular complexity index is 869. The summed E-state index contributed by atoms with van der Waals surface area (Å²) in [7, 11) is 1.51. The minimum Gasteiger partial charge on any atom is -0.395 e. The molecule has 0 atom stereocenters. The Kier molecular flexibility index (Phi) is 9.03. The molecule has 29 heavy (non-hydrogen) atoms. The van der Waals surface area contributed by atoms with E-state index in [2.05, 4.69) is 21.2 Å². The Labute approximate surface area is 182 Å². The summed E-state index contributed by atoms with van der Waals surface area (Å²) in [5.41, 5.74) is 0.867. The first-order valence-electron chi connectivity index (χ1n) is 8.85. The van der Waals surface area contributed by atoms with E-state index >= 15 is 0 Å². The van der Waals surface area contributed by atoms with E-state index in [0.29, 0.717) is 16.3 Å². The van der Waals surface area contributed by atoms with Crippen LogP contribution in [0.4, 0.5) is 10.1 Å². The lowest BCUT2D eigenvalue weighted by Gasteiger charge is -2.24. The fourth-order valence-corrected chi connectivity index (χ4v) is 3.22. The van der Waals surface area contributed by atoms with E-state index < -0.39 is 5.82 Å². The molecule has 0 aliphatic heterocycles. The predicted octanol–water partition coefficient (Wildman–Crippen LogP) is 3.13. The molecule has 0 aliphatic rings. The normalized spacial score (nSPS) is 10.8. The number of nitrogens with one attached hydrogen (secondary N) is 1. The first-order chi connectivity index (χ1) is 13.8. The van der Waals surface area contributed by atoms with Gasteiger partial charge in [0.05, 0.1) is 30.4 Å². The molecule has 0 aromatic heterocycles. The van der Waals surface area contributed by atoms with Crippen molar-refractivity contribution in [2.24, 2.45) is 0 Å². The standard InChI is InChI=1S/C20H22BrClFN3O3/c1-25(12-19(28)24-18-5-3-2-4-16(18)22)20(29)13-26(8-9-27)11-14-10-15(21)6-7-17(14)23/h2-7,10,27H,8-9,11-13H2,1H3,(H,24,28). The highest BCUT2D eigenvalue weighted by molar-refractivity contribution is 9.10. The Hall–Kier alpha value is -2.00. The summed E-state index contributed by atoms with van der Waals surface area (Å²) in [5.74, 6) is -1.11. The third-order valence-corrected chi connectivity index (χ3v) is 4.95. The van der Waals surface area contributed by atoms with E-state index in [1.807, 2.05) is 0 Å². The number of aliphatic hydroxyl groups excluding tert-OH is 1. The number of halogens is 3. The lowest BCUT2D eigenvalue weighted by molar-refractivity contribution is -0.134. The monoisotopic (exact) mass is 485 g/mol. The fraction of sp³-hybridized carbons (Fsp3) is 0.300. The van der Waals surface area contributed by atoms with Crippen molar-refractivity contribution >= 4 is 45.0 Å². The van der Waals surface area contributed by atoms with Crippen LogP contribution in [0.3, 0.4) is 0 Å². The van der Waals surface area contributed by atoms with Gasteiger partial charge in [-0.1, -0.05) is 39.7 Å². The van der Waals surface area contributed by atoms with Crippen molar-refractivity contribution in [3.63, 3.8) is 0 Å². The molecule has 0 saturated carbocycles. The van der Waals surface area contributed by atoms with Gasteiger partial charge in [-0.15, -0.1) is 0 Å². The predicted molar refractivity (Wildman–Crippen MR) is 114 cm³/mol. The van der Waals surface area contributed by atoms with Crippen molar-refractivity contribution in [2.45, 2.75) is 6.54 Å². The minimum atomic E-state index is -0.393. The molecule has 0 bridgehead atoms. The number of nitrogens with zero attached hydrogens (tertiary/aromatic N) is 2. The molecule has 0 spiro atoms. The van der Waals surface area contributed by atoms with Gasteiger partial charge in [-0.2, -0.15) is 0 Å². The van der Waals surface area contributed by atoms with Gasteiger partial charge >= 0.3 is 0 Å². The number of likely N-dealkylation sites (N-methyl/N-ethyl adjacent to an activating group) is 1. The summed E-state index contributed by atoms with van der Waals surface area (Å²) in [4.78, 5) is 27.6. The smallest absolute Gasteiger partial charge is 0.244 e. The summed E-state index contributed by atoms with van der Waals surface area (Å²) in [6.07, 6.45) is 0. The van der Waals surface area contributed by atoms with Gasteiger partial charge in [-0.3, -0.25) is 14.5 Å². The largest absolute Gasteiger partial charge is 0.395 e. The number of para-hydroxylation sites is 1. The molecule has 2 N–H and O–H groups in total. The number of hydrogen-bond acceptors (Lipinski definition) is 4. The molecule has 9 heteroatoms. The molecule has 156 valence electrons. The van der Waals surface area contributed by atoms with E-state index in [0.717, 1.165) is 4.47 Å². The zero-order chi connectivity index (χ0) is 21.4. The molecule has 0 aliphatic carbocycles. The Balaban J connectivity index is 1.95. The Morgan fingerprint density at radius 3 is 2.62 bits per heavy atom. The molecule has 0 saturated heterocycles. The molecule has 0 radical (unpaired) electrons. The number of carbonyl (C=O) groups is 2. The molecular weight excluding hydrogens is 465 g/mol. The second-order valence-corrected chi connectivity index (χ2v) is 7.77. The van der Waals surface area contributed by atoms with Crippen LogP contribution in [0.15, 0.2) is 46.9 Å². The molecule has 0 fully saturated rings. The highest BCUT2D eigenvalue weighted by Gasteiger charge is 2.18. The van der Waals surface area contributed by atoms with Crippen LogP contribution in [-0.4, -0.2) is 60.0 Å². The van der Waals surface area contributed by atoms with Crippen LogP contribution in [0, 0.1) is 5.82 Å². The topological polar surface area (TPSA) is 72.9 Å². The number of aliphatic hydroxyl groups is 1. The number of rotatable bonds is 9. The fourth-order valence-electron chi connectivity index (χ4n) is 2.63. The summed E-state index contributed by atoms with van der Waals surface area (Å²) < 4.78 is 14.7. The number of hydrogen-bond donors (Lipinski definition) is 2. The third kappa shape index (κ3) is 7.40. The summed E-state index contributed by atoms with van der Waals surface area (Å²) >= 11 is 9.31. The quantitative estimate of drug-likeness (QED) is 0.571.